The lowest BCUT2D eigenvalue weighted by Crippen LogP contribution is -1.75. The minimum absolute atomic E-state index is 0.266. The monoisotopic (exact) mass is 303 g/mol. The molecule has 1 N–H and O–H groups in total. The fourth-order valence-corrected chi connectivity index (χ4v) is 3.48. The van der Waals surface area contributed by atoms with Crippen LogP contribution in [-0.2, 0) is 0 Å². The molecule has 0 fully saturated rings. The molecular formula is C19H13NOS. The lowest BCUT2D eigenvalue weighted by atomic mass is 10.1. The van der Waals surface area contributed by atoms with Crippen LogP contribution in [0.2, 0.25) is 0 Å². The molecule has 22 heavy (non-hydrogen) atoms. The third-order valence-electron chi connectivity index (χ3n) is 3.67. The highest BCUT2D eigenvalue weighted by molar-refractivity contribution is 7.18. The van der Waals surface area contributed by atoms with Gasteiger partial charge >= 0.3 is 0 Å². The molecule has 0 radical (unpaired) electrons. The normalized spacial score (nSPS) is 10.9. The fraction of sp³-hybridized carbons (Fsp3) is 0. The van der Waals surface area contributed by atoms with E-state index in [4.69, 9.17) is 0 Å². The first-order valence-corrected chi connectivity index (χ1v) is 7.86. The number of fused-ring (bicyclic) bond motifs is 1. The maximum absolute atomic E-state index is 9.95. The fourth-order valence-electron chi connectivity index (χ4n) is 2.53. The lowest BCUT2D eigenvalue weighted by Gasteiger charge is -2.01. The number of nitrogens with zero attached hydrogens (tertiary/aromatic N) is 1. The number of thiazole rings is 1. The quantitative estimate of drug-likeness (QED) is 0.542. The zero-order valence-corrected chi connectivity index (χ0v) is 12.5. The first-order chi connectivity index (χ1) is 10.8. The number of hydrogen-bond donors (Lipinski definition) is 1. The third-order valence-corrected chi connectivity index (χ3v) is 4.75. The minimum Gasteiger partial charge on any atom is -0.507 e. The number of phenols is 1. The van der Waals surface area contributed by atoms with E-state index in [1.807, 2.05) is 36.5 Å². The van der Waals surface area contributed by atoms with Gasteiger partial charge in [0.25, 0.3) is 0 Å². The highest BCUT2D eigenvalue weighted by atomic mass is 32.1. The van der Waals surface area contributed by atoms with E-state index in [2.05, 4.69) is 35.3 Å². The molecule has 0 atom stereocenters. The minimum atomic E-state index is 0.266. The number of aromatic hydroxyl groups is 1. The summed E-state index contributed by atoms with van der Waals surface area (Å²) in [6.45, 7) is 0. The van der Waals surface area contributed by atoms with Crippen molar-refractivity contribution < 1.29 is 5.11 Å². The number of phenolic OH excluding ortho intramolecular Hbond substituents is 1. The molecule has 0 bridgehead atoms. The van der Waals surface area contributed by atoms with Gasteiger partial charge in [-0.05, 0) is 34.5 Å². The molecule has 0 aliphatic carbocycles. The molecule has 0 spiro atoms. The van der Waals surface area contributed by atoms with Crippen molar-refractivity contribution in [2.45, 2.75) is 0 Å². The van der Waals surface area contributed by atoms with Gasteiger partial charge in [-0.15, -0.1) is 11.3 Å². The summed E-state index contributed by atoms with van der Waals surface area (Å²) in [6, 6.07) is 22.0. The number of aromatic nitrogens is 1. The van der Waals surface area contributed by atoms with Crippen LogP contribution in [0.3, 0.4) is 0 Å². The number of para-hydroxylation sites is 1. The summed E-state index contributed by atoms with van der Waals surface area (Å²) in [5.74, 6) is 0.266. The number of benzene rings is 3. The average Bonchev–Trinajstić information content (AvgIpc) is 3.04. The van der Waals surface area contributed by atoms with Crippen LogP contribution in [0.1, 0.15) is 0 Å². The van der Waals surface area contributed by atoms with Crippen LogP contribution in [0.25, 0.3) is 31.8 Å². The van der Waals surface area contributed by atoms with Gasteiger partial charge in [-0.3, -0.25) is 0 Å². The van der Waals surface area contributed by atoms with E-state index in [9.17, 15) is 5.11 Å². The summed E-state index contributed by atoms with van der Waals surface area (Å²) in [4.78, 5) is 5.56. The van der Waals surface area contributed by atoms with E-state index in [-0.39, 0.29) is 5.75 Å². The standard InChI is InChI=1S/C19H13NOS/c21-17-8-4-3-7-16(17)19-20-12-18(22-19)15-10-9-13-5-1-2-6-14(13)11-15/h1-12,21H. The zero-order chi connectivity index (χ0) is 14.9. The predicted octanol–water partition coefficient (Wildman–Crippen LogP) is 5.34. The first-order valence-electron chi connectivity index (χ1n) is 7.05. The van der Waals surface area contributed by atoms with Gasteiger partial charge in [0.2, 0.25) is 0 Å². The molecule has 0 amide bonds. The molecule has 2 nitrogen and oxygen atoms in total. The summed E-state index contributed by atoms with van der Waals surface area (Å²) in [6.07, 6.45) is 1.87. The van der Waals surface area contributed by atoms with Crippen LogP contribution in [0.4, 0.5) is 0 Å². The molecule has 0 saturated carbocycles. The van der Waals surface area contributed by atoms with Crippen molar-refractivity contribution in [3.63, 3.8) is 0 Å². The SMILES string of the molecule is Oc1ccccc1-c1ncc(-c2ccc3ccccc3c2)s1. The Kier molecular flexibility index (Phi) is 3.13. The van der Waals surface area contributed by atoms with Crippen molar-refractivity contribution in [1.29, 1.82) is 0 Å². The highest BCUT2D eigenvalue weighted by Crippen LogP contribution is 2.36. The molecule has 3 heteroatoms. The molecular weight excluding hydrogens is 290 g/mol. The maximum atomic E-state index is 9.95. The summed E-state index contributed by atoms with van der Waals surface area (Å²) >= 11 is 1.59. The summed E-state index contributed by atoms with van der Waals surface area (Å²) < 4.78 is 0. The Morgan fingerprint density at radius 1 is 0.818 bits per heavy atom. The summed E-state index contributed by atoms with van der Waals surface area (Å²) in [5, 5.41) is 13.2. The number of hydrogen-bond acceptors (Lipinski definition) is 3. The van der Waals surface area contributed by atoms with E-state index in [0.717, 1.165) is 21.0 Å². The van der Waals surface area contributed by atoms with E-state index in [0.29, 0.717) is 0 Å². The van der Waals surface area contributed by atoms with E-state index < -0.39 is 0 Å². The smallest absolute Gasteiger partial charge is 0.127 e. The van der Waals surface area contributed by atoms with Crippen molar-refractivity contribution in [2.24, 2.45) is 0 Å². The first kappa shape index (κ1) is 13.0. The van der Waals surface area contributed by atoms with E-state index in [1.165, 1.54) is 10.8 Å². The van der Waals surface area contributed by atoms with Crippen molar-refractivity contribution in [3.05, 3.63) is 72.9 Å². The Labute approximate surface area is 132 Å². The lowest BCUT2D eigenvalue weighted by molar-refractivity contribution is 0.477. The van der Waals surface area contributed by atoms with Crippen LogP contribution < -0.4 is 0 Å². The van der Waals surface area contributed by atoms with Crippen LogP contribution in [-0.4, -0.2) is 10.1 Å². The molecule has 4 aromatic rings. The molecule has 0 unspecified atom stereocenters. The summed E-state index contributed by atoms with van der Waals surface area (Å²) in [7, 11) is 0. The van der Waals surface area contributed by atoms with E-state index >= 15 is 0 Å². The predicted molar refractivity (Wildman–Crippen MR) is 92.2 cm³/mol. The molecule has 0 aliphatic heterocycles. The van der Waals surface area contributed by atoms with Crippen molar-refractivity contribution >= 4 is 22.1 Å². The van der Waals surface area contributed by atoms with Crippen molar-refractivity contribution in [2.75, 3.05) is 0 Å². The van der Waals surface area contributed by atoms with Gasteiger partial charge in [0.1, 0.15) is 10.8 Å². The second-order valence-corrected chi connectivity index (χ2v) is 6.14. The Balaban J connectivity index is 1.78. The highest BCUT2D eigenvalue weighted by Gasteiger charge is 2.10. The van der Waals surface area contributed by atoms with Crippen LogP contribution in [0.5, 0.6) is 5.75 Å². The van der Waals surface area contributed by atoms with Gasteiger partial charge in [-0.1, -0.05) is 48.5 Å². The molecule has 0 aliphatic rings. The average molecular weight is 303 g/mol. The van der Waals surface area contributed by atoms with Crippen LogP contribution in [0, 0.1) is 0 Å². The maximum Gasteiger partial charge on any atom is 0.127 e. The van der Waals surface area contributed by atoms with Gasteiger partial charge in [0, 0.05) is 6.20 Å². The van der Waals surface area contributed by atoms with Crippen LogP contribution in [0.15, 0.2) is 72.9 Å². The van der Waals surface area contributed by atoms with Gasteiger partial charge in [0.05, 0.1) is 10.4 Å². The molecule has 106 valence electrons. The van der Waals surface area contributed by atoms with Gasteiger partial charge in [-0.25, -0.2) is 4.98 Å². The topological polar surface area (TPSA) is 33.1 Å². The van der Waals surface area contributed by atoms with Crippen molar-refractivity contribution in [1.82, 2.24) is 4.98 Å². The van der Waals surface area contributed by atoms with Crippen molar-refractivity contribution in [3.8, 4) is 26.8 Å². The largest absolute Gasteiger partial charge is 0.507 e. The summed E-state index contributed by atoms with van der Waals surface area (Å²) in [5.41, 5.74) is 1.93. The third kappa shape index (κ3) is 2.26. The Morgan fingerprint density at radius 3 is 2.45 bits per heavy atom. The number of rotatable bonds is 2. The van der Waals surface area contributed by atoms with Gasteiger partial charge in [0.15, 0.2) is 0 Å². The molecule has 1 heterocycles. The van der Waals surface area contributed by atoms with E-state index in [1.54, 1.807) is 17.4 Å². The second-order valence-electron chi connectivity index (χ2n) is 5.11. The Morgan fingerprint density at radius 2 is 1.59 bits per heavy atom. The molecule has 0 saturated heterocycles. The second kappa shape index (κ2) is 5.28. The Bertz CT molecular complexity index is 958. The zero-order valence-electron chi connectivity index (χ0n) is 11.7. The molecule has 4 rings (SSSR count). The van der Waals surface area contributed by atoms with Gasteiger partial charge < -0.3 is 5.11 Å². The molecule has 3 aromatic carbocycles. The van der Waals surface area contributed by atoms with Crippen LogP contribution >= 0.6 is 11.3 Å². The molecule has 1 aromatic heterocycles. The van der Waals surface area contributed by atoms with Gasteiger partial charge in [-0.2, -0.15) is 0 Å². The Hall–Kier alpha value is -2.65.